The second-order valence-electron chi connectivity index (χ2n) is 8.82. The third-order valence-electron chi connectivity index (χ3n) is 5.73. The number of carbonyl (C=O) groups is 1. The lowest BCUT2D eigenvalue weighted by Crippen LogP contribution is -2.36. The second-order valence-corrected chi connectivity index (χ2v) is 9.88. The van der Waals surface area contributed by atoms with Crippen molar-refractivity contribution in [2.24, 2.45) is 5.41 Å². The van der Waals surface area contributed by atoms with Gasteiger partial charge in [-0.1, -0.05) is 63.6 Å². The van der Waals surface area contributed by atoms with Gasteiger partial charge in [-0.25, -0.2) is 4.68 Å². The van der Waals surface area contributed by atoms with Crippen molar-refractivity contribution in [3.63, 3.8) is 0 Å². The highest BCUT2D eigenvalue weighted by Gasteiger charge is 2.42. The lowest BCUT2D eigenvalue weighted by molar-refractivity contribution is -0.118. The van der Waals surface area contributed by atoms with Crippen molar-refractivity contribution in [1.29, 1.82) is 0 Å². The standard InChI is InChI=1S/C23H30N4O2S/c1-5-6-9-12-30-22-25-21-24-16-13-23(2,3)14-17(28)19(16)20(27(21)26-22)15-10-7-8-11-18(15)29-4/h7-8,10-11,20H,5-6,9,12-14H2,1-4H3,(H,24,25,26). The first-order valence-corrected chi connectivity index (χ1v) is 11.7. The Hall–Kier alpha value is -2.28. The zero-order chi connectivity index (χ0) is 21.3. The average Bonchev–Trinajstić information content (AvgIpc) is 3.11. The topological polar surface area (TPSA) is 69.0 Å². The number of Topliss-reactive ketones (excluding diaryl/α,β-unsaturated/α-hetero) is 1. The lowest BCUT2D eigenvalue weighted by atomic mass is 9.73. The zero-order valence-electron chi connectivity index (χ0n) is 18.2. The highest BCUT2D eigenvalue weighted by molar-refractivity contribution is 7.99. The molecule has 2 aliphatic rings. The molecule has 0 fully saturated rings. The Kier molecular flexibility index (Phi) is 5.91. The molecular formula is C23H30N4O2S. The Labute approximate surface area is 182 Å². The number of anilines is 1. The van der Waals surface area contributed by atoms with Crippen molar-refractivity contribution in [3.05, 3.63) is 41.1 Å². The number of fused-ring (bicyclic) bond motifs is 1. The molecule has 160 valence electrons. The molecule has 2 aromatic rings. The molecule has 6 nitrogen and oxygen atoms in total. The Morgan fingerprint density at radius 3 is 2.83 bits per heavy atom. The van der Waals surface area contributed by atoms with Gasteiger partial charge in [0.25, 0.3) is 0 Å². The smallest absolute Gasteiger partial charge is 0.227 e. The summed E-state index contributed by atoms with van der Waals surface area (Å²) in [4.78, 5) is 18.0. The van der Waals surface area contributed by atoms with E-state index < -0.39 is 0 Å². The van der Waals surface area contributed by atoms with E-state index in [1.54, 1.807) is 18.9 Å². The number of rotatable bonds is 7. The van der Waals surface area contributed by atoms with Gasteiger partial charge in [-0.2, -0.15) is 4.98 Å². The molecule has 1 unspecified atom stereocenters. The first-order chi connectivity index (χ1) is 14.4. The predicted octanol–water partition coefficient (Wildman–Crippen LogP) is 5.23. The summed E-state index contributed by atoms with van der Waals surface area (Å²) in [5.74, 6) is 2.62. The number of benzene rings is 1. The van der Waals surface area contributed by atoms with Crippen LogP contribution in [0.3, 0.4) is 0 Å². The number of ether oxygens (including phenoxy) is 1. The molecule has 1 aliphatic heterocycles. The van der Waals surface area contributed by atoms with E-state index in [9.17, 15) is 4.79 Å². The van der Waals surface area contributed by atoms with Crippen LogP contribution in [0, 0.1) is 5.41 Å². The van der Waals surface area contributed by atoms with Crippen molar-refractivity contribution in [1.82, 2.24) is 14.8 Å². The number of unbranched alkanes of at least 4 members (excludes halogenated alkanes) is 2. The molecule has 0 saturated carbocycles. The highest BCUT2D eigenvalue weighted by atomic mass is 32.2. The van der Waals surface area contributed by atoms with Crippen LogP contribution in [0.5, 0.6) is 5.75 Å². The summed E-state index contributed by atoms with van der Waals surface area (Å²) in [6.45, 7) is 6.49. The van der Waals surface area contributed by atoms with Crippen LogP contribution in [0.4, 0.5) is 5.95 Å². The van der Waals surface area contributed by atoms with Crippen LogP contribution < -0.4 is 10.1 Å². The van der Waals surface area contributed by atoms with Crippen LogP contribution in [-0.4, -0.2) is 33.4 Å². The number of carbonyl (C=O) groups excluding carboxylic acids is 1. The third-order valence-corrected chi connectivity index (χ3v) is 6.65. The molecular weight excluding hydrogens is 396 g/mol. The molecule has 1 aromatic heterocycles. The summed E-state index contributed by atoms with van der Waals surface area (Å²) in [5, 5.41) is 9.00. The van der Waals surface area contributed by atoms with E-state index in [4.69, 9.17) is 14.8 Å². The number of methoxy groups -OCH3 is 1. The van der Waals surface area contributed by atoms with E-state index in [1.165, 1.54) is 12.8 Å². The SMILES string of the molecule is CCCCCSc1nc2n(n1)C(c1ccccc1OC)C1=C(CC(C)(C)CC1=O)N2. The van der Waals surface area contributed by atoms with Gasteiger partial charge >= 0.3 is 0 Å². The lowest BCUT2D eigenvalue weighted by Gasteiger charge is -2.38. The molecule has 1 aliphatic carbocycles. The molecule has 4 rings (SSSR count). The molecule has 30 heavy (non-hydrogen) atoms. The molecule has 0 amide bonds. The summed E-state index contributed by atoms with van der Waals surface area (Å²) in [6, 6.07) is 7.56. The molecule has 0 bridgehead atoms. The van der Waals surface area contributed by atoms with Crippen LogP contribution in [0.2, 0.25) is 0 Å². The van der Waals surface area contributed by atoms with Gasteiger partial charge in [0.05, 0.1) is 7.11 Å². The molecule has 2 heterocycles. The molecule has 0 spiro atoms. The van der Waals surface area contributed by atoms with Gasteiger partial charge in [0.2, 0.25) is 11.1 Å². The fourth-order valence-corrected chi connectivity index (χ4v) is 5.17. The Morgan fingerprint density at radius 1 is 1.27 bits per heavy atom. The van der Waals surface area contributed by atoms with Gasteiger partial charge in [0, 0.05) is 29.0 Å². The van der Waals surface area contributed by atoms with Crippen molar-refractivity contribution in [3.8, 4) is 5.75 Å². The van der Waals surface area contributed by atoms with E-state index >= 15 is 0 Å². The number of aromatic nitrogens is 3. The van der Waals surface area contributed by atoms with E-state index in [0.29, 0.717) is 12.4 Å². The molecule has 7 heteroatoms. The van der Waals surface area contributed by atoms with Crippen LogP contribution >= 0.6 is 11.8 Å². The normalized spacial score (nSPS) is 19.9. The average molecular weight is 427 g/mol. The number of allylic oxidation sites excluding steroid dienone is 2. The molecule has 0 saturated heterocycles. The largest absolute Gasteiger partial charge is 0.496 e. The van der Waals surface area contributed by atoms with Crippen LogP contribution in [0.1, 0.15) is 64.5 Å². The maximum absolute atomic E-state index is 13.3. The van der Waals surface area contributed by atoms with Gasteiger partial charge in [-0.3, -0.25) is 4.79 Å². The molecule has 1 aromatic carbocycles. The first kappa shape index (κ1) is 21.0. The minimum absolute atomic E-state index is 0.0752. The number of hydrogen-bond donors (Lipinski definition) is 1. The highest BCUT2D eigenvalue weighted by Crippen LogP contribution is 2.47. The number of para-hydroxylation sites is 1. The van der Waals surface area contributed by atoms with E-state index in [2.05, 4.69) is 26.1 Å². The summed E-state index contributed by atoms with van der Waals surface area (Å²) < 4.78 is 7.52. The fraction of sp³-hybridized carbons (Fsp3) is 0.522. The van der Waals surface area contributed by atoms with Gasteiger partial charge in [0.15, 0.2) is 5.78 Å². The second kappa shape index (κ2) is 8.46. The van der Waals surface area contributed by atoms with Crippen molar-refractivity contribution >= 4 is 23.5 Å². The quantitative estimate of drug-likeness (QED) is 0.483. The minimum atomic E-state index is -0.325. The van der Waals surface area contributed by atoms with Crippen LogP contribution in [0.25, 0.3) is 0 Å². The number of thioether (sulfide) groups is 1. The number of hydrogen-bond acceptors (Lipinski definition) is 6. The van der Waals surface area contributed by atoms with Crippen molar-refractivity contribution in [2.75, 3.05) is 18.2 Å². The van der Waals surface area contributed by atoms with Crippen LogP contribution in [-0.2, 0) is 4.79 Å². The maximum atomic E-state index is 13.3. The van der Waals surface area contributed by atoms with Crippen molar-refractivity contribution < 1.29 is 9.53 Å². The maximum Gasteiger partial charge on any atom is 0.227 e. The van der Waals surface area contributed by atoms with Gasteiger partial charge in [-0.05, 0) is 24.3 Å². The predicted molar refractivity (Wildman–Crippen MR) is 120 cm³/mol. The van der Waals surface area contributed by atoms with E-state index in [-0.39, 0.29) is 17.2 Å². The van der Waals surface area contributed by atoms with E-state index in [0.717, 1.165) is 46.3 Å². The fourth-order valence-electron chi connectivity index (χ4n) is 4.35. The minimum Gasteiger partial charge on any atom is -0.496 e. The first-order valence-electron chi connectivity index (χ1n) is 10.7. The monoisotopic (exact) mass is 426 g/mol. The van der Waals surface area contributed by atoms with Gasteiger partial charge in [-0.15, -0.1) is 5.10 Å². The summed E-state index contributed by atoms with van der Waals surface area (Å²) >= 11 is 1.68. The van der Waals surface area contributed by atoms with Gasteiger partial charge < -0.3 is 10.1 Å². The Balaban J connectivity index is 1.77. The Bertz CT molecular complexity index is 979. The summed E-state index contributed by atoms with van der Waals surface area (Å²) in [7, 11) is 1.66. The number of nitrogens with zero attached hydrogens (tertiary/aromatic N) is 3. The van der Waals surface area contributed by atoms with E-state index in [1.807, 2.05) is 28.9 Å². The zero-order valence-corrected chi connectivity index (χ0v) is 19.0. The molecule has 1 atom stereocenters. The Morgan fingerprint density at radius 2 is 2.07 bits per heavy atom. The third kappa shape index (κ3) is 4.00. The van der Waals surface area contributed by atoms with Gasteiger partial charge in [0.1, 0.15) is 11.8 Å². The molecule has 0 radical (unpaired) electrons. The summed E-state index contributed by atoms with van der Waals surface area (Å²) in [6.07, 6.45) is 4.89. The molecule has 1 N–H and O–H groups in total. The number of ketones is 1. The summed E-state index contributed by atoms with van der Waals surface area (Å²) in [5.41, 5.74) is 2.62. The van der Waals surface area contributed by atoms with Crippen molar-refractivity contribution in [2.45, 2.75) is 64.1 Å². The number of nitrogens with one attached hydrogen (secondary N) is 1. The van der Waals surface area contributed by atoms with Crippen LogP contribution in [0.15, 0.2) is 40.7 Å².